The van der Waals surface area contributed by atoms with Crippen LogP contribution in [0.2, 0.25) is 5.02 Å². The van der Waals surface area contributed by atoms with Gasteiger partial charge in [-0.15, -0.1) is 0 Å². The van der Waals surface area contributed by atoms with Gasteiger partial charge in [0.25, 0.3) is 0 Å². The van der Waals surface area contributed by atoms with E-state index in [4.69, 9.17) is 16.3 Å². The maximum Gasteiger partial charge on any atom is 0.238 e. The van der Waals surface area contributed by atoms with Crippen molar-refractivity contribution in [1.29, 1.82) is 0 Å². The van der Waals surface area contributed by atoms with E-state index < -0.39 is 0 Å². The number of rotatable bonds is 5. The molecule has 1 rings (SSSR count). The third-order valence-electron chi connectivity index (χ3n) is 1.91. The molecule has 2 N–H and O–H groups in total. The molecule has 0 aliphatic carbocycles. The maximum atomic E-state index is 11.5. The first-order valence-corrected chi connectivity index (χ1v) is 6.31. The summed E-state index contributed by atoms with van der Waals surface area (Å²) < 4.78 is 6.18. The van der Waals surface area contributed by atoms with Gasteiger partial charge in [-0.1, -0.05) is 11.6 Å². The summed E-state index contributed by atoms with van der Waals surface area (Å²) >= 11 is 9.28. The highest BCUT2D eigenvalue weighted by Crippen LogP contribution is 2.36. The number of ether oxygens (including phenoxy) is 1. The van der Waals surface area contributed by atoms with E-state index in [1.54, 1.807) is 19.2 Å². The molecule has 0 spiro atoms. The van der Waals surface area contributed by atoms with E-state index >= 15 is 0 Å². The fourth-order valence-electron chi connectivity index (χ4n) is 1.30. The van der Waals surface area contributed by atoms with Crippen LogP contribution in [-0.2, 0) is 4.79 Å². The van der Waals surface area contributed by atoms with Crippen molar-refractivity contribution >= 4 is 39.1 Å². The highest BCUT2D eigenvalue weighted by Gasteiger charge is 2.12. The third-order valence-corrected chi connectivity index (χ3v) is 2.72. The first-order valence-electron chi connectivity index (χ1n) is 5.14. The largest absolute Gasteiger partial charge is 0.491 e. The maximum absolute atomic E-state index is 11.5. The van der Waals surface area contributed by atoms with Gasteiger partial charge in [0, 0.05) is 5.02 Å². The predicted molar refractivity (Wildman–Crippen MR) is 72.9 cm³/mol. The number of carbonyl (C=O) groups excluding carboxylic acids is 1. The second kappa shape index (κ2) is 6.83. The molecule has 6 heteroatoms. The van der Waals surface area contributed by atoms with Gasteiger partial charge >= 0.3 is 0 Å². The SMILES string of the molecule is CCOc1c(Br)cc(Cl)cc1NC(=O)CNC. The van der Waals surface area contributed by atoms with E-state index in [9.17, 15) is 4.79 Å². The zero-order valence-corrected chi connectivity index (χ0v) is 12.0. The lowest BCUT2D eigenvalue weighted by Crippen LogP contribution is -2.25. The Morgan fingerprint density at radius 1 is 1.53 bits per heavy atom. The molecule has 0 heterocycles. The van der Waals surface area contributed by atoms with E-state index in [1.165, 1.54) is 0 Å². The van der Waals surface area contributed by atoms with Gasteiger partial charge in [0.05, 0.1) is 23.3 Å². The Morgan fingerprint density at radius 2 is 2.24 bits per heavy atom. The first-order chi connectivity index (χ1) is 8.08. The van der Waals surface area contributed by atoms with Crippen LogP contribution in [0.25, 0.3) is 0 Å². The molecule has 0 saturated carbocycles. The van der Waals surface area contributed by atoms with E-state index in [0.717, 1.165) is 0 Å². The summed E-state index contributed by atoms with van der Waals surface area (Å²) in [5.74, 6) is 0.434. The van der Waals surface area contributed by atoms with E-state index in [2.05, 4.69) is 26.6 Å². The van der Waals surface area contributed by atoms with Gasteiger partial charge in [-0.05, 0) is 42.0 Å². The summed E-state index contributed by atoms with van der Waals surface area (Å²) in [4.78, 5) is 11.5. The zero-order valence-electron chi connectivity index (χ0n) is 9.64. The molecule has 1 aromatic rings. The summed E-state index contributed by atoms with van der Waals surface area (Å²) in [6.07, 6.45) is 0. The molecular formula is C11H14BrClN2O2. The number of amides is 1. The minimum Gasteiger partial charge on any atom is -0.491 e. The molecule has 0 atom stereocenters. The van der Waals surface area contributed by atoms with E-state index in [1.807, 2.05) is 6.92 Å². The lowest BCUT2D eigenvalue weighted by molar-refractivity contribution is -0.115. The molecule has 1 amide bonds. The van der Waals surface area contributed by atoms with Gasteiger partial charge in [-0.25, -0.2) is 0 Å². The monoisotopic (exact) mass is 320 g/mol. The van der Waals surface area contributed by atoms with Crippen molar-refractivity contribution in [1.82, 2.24) is 5.32 Å². The lowest BCUT2D eigenvalue weighted by Gasteiger charge is -2.13. The molecule has 0 fully saturated rings. The number of hydrogen-bond donors (Lipinski definition) is 2. The summed E-state index contributed by atoms with van der Waals surface area (Å²) in [5, 5.41) is 6.04. The van der Waals surface area contributed by atoms with Crippen LogP contribution in [0.5, 0.6) is 5.75 Å². The average Bonchev–Trinajstić information content (AvgIpc) is 2.23. The number of likely N-dealkylation sites (N-methyl/N-ethyl adjacent to an activating group) is 1. The topological polar surface area (TPSA) is 50.4 Å². The molecule has 1 aromatic carbocycles. The highest BCUT2D eigenvalue weighted by molar-refractivity contribution is 9.10. The third kappa shape index (κ3) is 4.18. The van der Waals surface area contributed by atoms with Crippen molar-refractivity contribution in [2.45, 2.75) is 6.92 Å². The van der Waals surface area contributed by atoms with Gasteiger partial charge in [0.2, 0.25) is 5.91 Å². The molecule has 0 aliphatic heterocycles. The smallest absolute Gasteiger partial charge is 0.238 e. The summed E-state index contributed by atoms with van der Waals surface area (Å²) in [7, 11) is 1.71. The van der Waals surface area contributed by atoms with Crippen molar-refractivity contribution in [3.05, 3.63) is 21.6 Å². The Balaban J connectivity index is 2.98. The van der Waals surface area contributed by atoms with E-state index in [-0.39, 0.29) is 12.5 Å². The summed E-state index contributed by atoms with van der Waals surface area (Å²) in [5.41, 5.74) is 0.562. The Kier molecular flexibility index (Phi) is 5.74. The molecule has 17 heavy (non-hydrogen) atoms. The number of hydrogen-bond acceptors (Lipinski definition) is 3. The molecule has 0 saturated heterocycles. The van der Waals surface area contributed by atoms with E-state index in [0.29, 0.717) is 27.5 Å². The number of nitrogens with one attached hydrogen (secondary N) is 2. The molecule has 4 nitrogen and oxygen atoms in total. The molecule has 0 aliphatic rings. The number of anilines is 1. The number of halogens is 2. The van der Waals surface area contributed by atoms with Crippen molar-refractivity contribution in [3.8, 4) is 5.75 Å². The van der Waals surface area contributed by atoms with Gasteiger partial charge in [0.1, 0.15) is 0 Å². The first kappa shape index (κ1) is 14.3. The Bertz CT molecular complexity index is 413. The zero-order chi connectivity index (χ0) is 12.8. The van der Waals surface area contributed by atoms with Crippen molar-refractivity contribution < 1.29 is 9.53 Å². The van der Waals surface area contributed by atoms with Crippen LogP contribution >= 0.6 is 27.5 Å². The van der Waals surface area contributed by atoms with Gasteiger partial charge in [-0.2, -0.15) is 0 Å². The summed E-state index contributed by atoms with van der Waals surface area (Å²) in [6, 6.07) is 3.38. The lowest BCUT2D eigenvalue weighted by atomic mass is 10.3. The van der Waals surface area contributed by atoms with Gasteiger partial charge in [0.15, 0.2) is 5.75 Å². The van der Waals surface area contributed by atoms with Crippen molar-refractivity contribution in [2.24, 2.45) is 0 Å². The predicted octanol–water partition coefficient (Wildman–Crippen LogP) is 2.66. The quantitative estimate of drug-likeness (QED) is 0.876. The molecule has 0 radical (unpaired) electrons. The number of carbonyl (C=O) groups is 1. The standard InChI is InChI=1S/C11H14BrClN2O2/c1-3-17-11-8(12)4-7(13)5-9(11)15-10(16)6-14-2/h4-5,14H,3,6H2,1-2H3,(H,15,16). The van der Waals surface area contributed by atoms with Crippen LogP contribution in [0.3, 0.4) is 0 Å². The van der Waals surface area contributed by atoms with Gasteiger partial charge < -0.3 is 15.4 Å². The normalized spacial score (nSPS) is 10.1. The minimum atomic E-state index is -0.150. The highest BCUT2D eigenvalue weighted by atomic mass is 79.9. The van der Waals surface area contributed by atoms with Crippen molar-refractivity contribution in [3.63, 3.8) is 0 Å². The fraction of sp³-hybridized carbons (Fsp3) is 0.364. The molecule has 94 valence electrons. The van der Waals surface area contributed by atoms with Gasteiger partial charge in [-0.3, -0.25) is 4.79 Å². The van der Waals surface area contributed by atoms with Crippen LogP contribution in [0.1, 0.15) is 6.92 Å². The minimum absolute atomic E-state index is 0.150. The molecule has 0 unspecified atom stereocenters. The molecule has 0 aromatic heterocycles. The number of benzene rings is 1. The molecule has 0 bridgehead atoms. The Labute approximate surface area is 114 Å². The fourth-order valence-corrected chi connectivity index (χ4v) is 2.22. The molecular weight excluding hydrogens is 307 g/mol. The second-order valence-electron chi connectivity index (χ2n) is 3.28. The van der Waals surface area contributed by atoms with Crippen LogP contribution < -0.4 is 15.4 Å². The van der Waals surface area contributed by atoms with Crippen LogP contribution in [0.4, 0.5) is 5.69 Å². The van der Waals surface area contributed by atoms with Crippen LogP contribution in [-0.4, -0.2) is 26.1 Å². The summed E-state index contributed by atoms with van der Waals surface area (Å²) in [6.45, 7) is 2.62. The average molecular weight is 322 g/mol. The van der Waals surface area contributed by atoms with Crippen LogP contribution in [0.15, 0.2) is 16.6 Å². The Morgan fingerprint density at radius 3 is 2.82 bits per heavy atom. The van der Waals surface area contributed by atoms with Crippen molar-refractivity contribution in [2.75, 3.05) is 25.5 Å². The Hall–Kier alpha value is -0.780. The second-order valence-corrected chi connectivity index (χ2v) is 4.57. The van der Waals surface area contributed by atoms with Crippen LogP contribution in [0, 0.1) is 0 Å².